The zero-order valence-electron chi connectivity index (χ0n) is 14.1. The fourth-order valence-corrected chi connectivity index (χ4v) is 2.88. The van der Waals surface area contributed by atoms with Crippen molar-refractivity contribution < 1.29 is 9.53 Å². The highest BCUT2D eigenvalue weighted by atomic mass is 35.5. The van der Waals surface area contributed by atoms with Crippen molar-refractivity contribution in [2.24, 2.45) is 5.92 Å². The van der Waals surface area contributed by atoms with Gasteiger partial charge in [0.1, 0.15) is 0 Å². The van der Waals surface area contributed by atoms with E-state index in [1.165, 1.54) is 0 Å². The zero-order chi connectivity index (χ0) is 16.8. The maximum Gasteiger partial charge on any atom is 0.319 e. The largest absolute Gasteiger partial charge is 0.374 e. The van der Waals surface area contributed by atoms with Gasteiger partial charge in [-0.3, -0.25) is 4.90 Å². The molecule has 1 unspecified atom stereocenters. The first kappa shape index (κ1) is 18.0. The molecule has 23 heavy (non-hydrogen) atoms. The van der Waals surface area contributed by atoms with Gasteiger partial charge in [-0.05, 0) is 30.5 Å². The number of morpholine rings is 1. The highest BCUT2D eigenvalue weighted by Crippen LogP contribution is 2.22. The number of nitrogens with zero attached hydrogens (tertiary/aromatic N) is 1. The number of benzene rings is 1. The van der Waals surface area contributed by atoms with Crippen molar-refractivity contribution in [2.75, 3.05) is 38.1 Å². The lowest BCUT2D eigenvalue weighted by Gasteiger charge is -2.33. The number of anilines is 1. The molecule has 0 bridgehead atoms. The van der Waals surface area contributed by atoms with E-state index in [1.54, 1.807) is 6.07 Å². The van der Waals surface area contributed by atoms with Gasteiger partial charge in [0.15, 0.2) is 0 Å². The van der Waals surface area contributed by atoms with Gasteiger partial charge in [0.05, 0.1) is 12.7 Å². The predicted octanol–water partition coefficient (Wildman–Crippen LogP) is 3.13. The number of halogens is 1. The number of carbonyl (C=O) groups is 1. The Morgan fingerprint density at radius 1 is 1.48 bits per heavy atom. The normalized spacial score (nSPS) is 18.9. The van der Waals surface area contributed by atoms with Gasteiger partial charge in [0.25, 0.3) is 0 Å². The lowest BCUT2D eigenvalue weighted by molar-refractivity contribution is -0.0288. The van der Waals surface area contributed by atoms with Gasteiger partial charge in [0, 0.05) is 36.9 Å². The van der Waals surface area contributed by atoms with E-state index in [-0.39, 0.29) is 12.1 Å². The summed E-state index contributed by atoms with van der Waals surface area (Å²) in [6.07, 6.45) is 0.0358. The third-order valence-electron chi connectivity index (χ3n) is 3.85. The molecular formula is C17H26ClN3O2. The second kappa shape index (κ2) is 8.52. The van der Waals surface area contributed by atoms with Crippen molar-refractivity contribution in [2.45, 2.75) is 26.9 Å². The molecule has 1 aromatic carbocycles. The molecule has 5 nitrogen and oxygen atoms in total. The molecule has 1 heterocycles. The molecule has 0 aliphatic carbocycles. The molecule has 0 radical (unpaired) electrons. The second-order valence-electron chi connectivity index (χ2n) is 6.39. The summed E-state index contributed by atoms with van der Waals surface area (Å²) in [5, 5.41) is 6.35. The Balaban J connectivity index is 1.79. The van der Waals surface area contributed by atoms with Crippen LogP contribution in [-0.2, 0) is 4.74 Å². The molecule has 0 spiro atoms. The van der Waals surface area contributed by atoms with Crippen LogP contribution in [0.5, 0.6) is 0 Å². The van der Waals surface area contributed by atoms with Crippen molar-refractivity contribution in [3.05, 3.63) is 28.8 Å². The molecule has 128 valence electrons. The van der Waals surface area contributed by atoms with Crippen LogP contribution in [0.2, 0.25) is 5.02 Å². The van der Waals surface area contributed by atoms with E-state index in [1.807, 2.05) is 19.1 Å². The number of hydrogen-bond acceptors (Lipinski definition) is 3. The summed E-state index contributed by atoms with van der Waals surface area (Å²) in [5.74, 6) is 0.635. The molecule has 1 atom stereocenters. The van der Waals surface area contributed by atoms with Gasteiger partial charge in [-0.25, -0.2) is 4.79 Å². The SMILES string of the molecule is Cc1c(Cl)cccc1NC(=O)NCC1CN(CC(C)C)CCO1. The van der Waals surface area contributed by atoms with Crippen LogP contribution in [0.4, 0.5) is 10.5 Å². The standard InChI is InChI=1S/C17H26ClN3O2/c1-12(2)10-21-7-8-23-14(11-21)9-19-17(22)20-16-6-4-5-15(18)13(16)3/h4-6,12,14H,7-11H2,1-3H3,(H2,19,20,22). The van der Waals surface area contributed by atoms with Crippen molar-refractivity contribution >= 4 is 23.3 Å². The van der Waals surface area contributed by atoms with Gasteiger partial charge < -0.3 is 15.4 Å². The number of ether oxygens (including phenoxy) is 1. The first-order chi connectivity index (χ1) is 11.0. The highest BCUT2D eigenvalue weighted by molar-refractivity contribution is 6.31. The Hall–Kier alpha value is -1.30. The summed E-state index contributed by atoms with van der Waals surface area (Å²) >= 11 is 6.06. The van der Waals surface area contributed by atoms with Gasteiger partial charge in [-0.2, -0.15) is 0 Å². The fraction of sp³-hybridized carbons (Fsp3) is 0.588. The number of amides is 2. The lowest BCUT2D eigenvalue weighted by atomic mass is 10.2. The monoisotopic (exact) mass is 339 g/mol. The van der Waals surface area contributed by atoms with Gasteiger partial charge in [-0.15, -0.1) is 0 Å². The van der Waals surface area contributed by atoms with Crippen LogP contribution in [0.15, 0.2) is 18.2 Å². The van der Waals surface area contributed by atoms with Gasteiger partial charge >= 0.3 is 6.03 Å². The van der Waals surface area contributed by atoms with Crippen molar-refractivity contribution in [1.29, 1.82) is 0 Å². The van der Waals surface area contributed by atoms with Crippen molar-refractivity contribution in [1.82, 2.24) is 10.2 Å². The first-order valence-electron chi connectivity index (χ1n) is 8.09. The smallest absolute Gasteiger partial charge is 0.319 e. The Labute approximate surface area is 143 Å². The highest BCUT2D eigenvalue weighted by Gasteiger charge is 2.21. The molecule has 6 heteroatoms. The minimum Gasteiger partial charge on any atom is -0.374 e. The molecular weight excluding hydrogens is 314 g/mol. The van der Waals surface area contributed by atoms with Crippen molar-refractivity contribution in [3.8, 4) is 0 Å². The maximum absolute atomic E-state index is 12.0. The van der Waals surface area contributed by atoms with E-state index < -0.39 is 0 Å². The molecule has 1 fully saturated rings. The fourth-order valence-electron chi connectivity index (χ4n) is 2.70. The number of hydrogen-bond donors (Lipinski definition) is 2. The molecule has 0 aromatic heterocycles. The van der Waals surface area contributed by atoms with E-state index in [0.717, 1.165) is 30.9 Å². The lowest BCUT2D eigenvalue weighted by Crippen LogP contribution is -2.48. The van der Waals surface area contributed by atoms with Crippen LogP contribution in [0.25, 0.3) is 0 Å². The van der Waals surface area contributed by atoms with Crippen LogP contribution in [0, 0.1) is 12.8 Å². The molecule has 1 saturated heterocycles. The summed E-state index contributed by atoms with van der Waals surface area (Å²) in [6.45, 7) is 10.4. The van der Waals surface area contributed by atoms with Crippen LogP contribution < -0.4 is 10.6 Å². The van der Waals surface area contributed by atoms with Crippen molar-refractivity contribution in [3.63, 3.8) is 0 Å². The van der Waals surface area contributed by atoms with Crippen LogP contribution in [0.3, 0.4) is 0 Å². The van der Waals surface area contributed by atoms with Crippen LogP contribution >= 0.6 is 11.6 Å². The third kappa shape index (κ3) is 5.68. The Morgan fingerprint density at radius 3 is 3.00 bits per heavy atom. The molecule has 0 saturated carbocycles. The molecule has 2 N–H and O–H groups in total. The Morgan fingerprint density at radius 2 is 2.26 bits per heavy atom. The number of rotatable bonds is 5. The Bertz CT molecular complexity index is 537. The number of urea groups is 1. The average molecular weight is 340 g/mol. The van der Waals surface area contributed by atoms with Gasteiger partial charge in [-0.1, -0.05) is 31.5 Å². The second-order valence-corrected chi connectivity index (χ2v) is 6.80. The maximum atomic E-state index is 12.0. The van der Waals surface area contributed by atoms with Gasteiger partial charge in [0.2, 0.25) is 0 Å². The van der Waals surface area contributed by atoms with E-state index >= 15 is 0 Å². The minimum atomic E-state index is -0.236. The van der Waals surface area contributed by atoms with E-state index in [4.69, 9.17) is 16.3 Å². The summed E-state index contributed by atoms with van der Waals surface area (Å²) < 4.78 is 5.73. The number of nitrogens with one attached hydrogen (secondary N) is 2. The molecule has 2 rings (SSSR count). The topological polar surface area (TPSA) is 53.6 Å². The molecule has 1 aromatic rings. The molecule has 1 aliphatic heterocycles. The summed E-state index contributed by atoms with van der Waals surface area (Å²) in [4.78, 5) is 14.4. The quantitative estimate of drug-likeness (QED) is 0.866. The molecule has 1 aliphatic rings. The summed E-state index contributed by atoms with van der Waals surface area (Å²) in [6, 6.07) is 5.22. The Kier molecular flexibility index (Phi) is 6.69. The summed E-state index contributed by atoms with van der Waals surface area (Å²) in [7, 11) is 0. The predicted molar refractivity (Wildman–Crippen MR) is 94.2 cm³/mol. The first-order valence-corrected chi connectivity index (χ1v) is 8.47. The number of carbonyl (C=O) groups excluding carboxylic acids is 1. The minimum absolute atomic E-state index is 0.0358. The zero-order valence-corrected chi connectivity index (χ0v) is 14.8. The average Bonchev–Trinajstić information content (AvgIpc) is 2.50. The van der Waals surface area contributed by atoms with Crippen LogP contribution in [-0.4, -0.2) is 49.8 Å². The van der Waals surface area contributed by atoms with E-state index in [9.17, 15) is 4.79 Å². The van der Waals surface area contributed by atoms with Crippen LogP contribution in [0.1, 0.15) is 19.4 Å². The van der Waals surface area contributed by atoms with E-state index in [0.29, 0.717) is 24.1 Å². The van der Waals surface area contributed by atoms with E-state index in [2.05, 4.69) is 29.4 Å². The summed E-state index contributed by atoms with van der Waals surface area (Å²) in [5.41, 5.74) is 1.59. The molecule has 2 amide bonds. The third-order valence-corrected chi connectivity index (χ3v) is 4.26.